The lowest BCUT2D eigenvalue weighted by molar-refractivity contribution is 0.445. The smallest absolute Gasteiger partial charge is 0.194 e. The highest BCUT2D eigenvalue weighted by Crippen LogP contribution is 2.39. The second-order valence-electron chi connectivity index (χ2n) is 3.72. The molecule has 2 aromatic rings. The van der Waals surface area contributed by atoms with Crippen molar-refractivity contribution >= 4 is 43.2 Å². The fourth-order valence-corrected chi connectivity index (χ4v) is 4.25. The number of aryl methyl sites for hydroxylation is 1. The molecular formula is C12H7Br2F3S. The number of alkyl halides is 1. The predicted octanol–water partition coefficient (Wildman–Crippen LogP) is 5.72. The molecule has 96 valence electrons. The Morgan fingerprint density at radius 1 is 1.11 bits per heavy atom. The third-order valence-electron chi connectivity index (χ3n) is 2.50. The van der Waals surface area contributed by atoms with Crippen LogP contribution in [0.3, 0.4) is 0 Å². The van der Waals surface area contributed by atoms with Crippen molar-refractivity contribution in [2.45, 2.75) is 11.8 Å². The summed E-state index contributed by atoms with van der Waals surface area (Å²) in [4.78, 5) is 0.651. The normalized spacial score (nSPS) is 12.8. The first-order valence-corrected chi connectivity index (χ1v) is 7.47. The van der Waals surface area contributed by atoms with E-state index < -0.39 is 17.5 Å². The van der Waals surface area contributed by atoms with Gasteiger partial charge in [-0.05, 0) is 52.2 Å². The minimum atomic E-state index is -1.44. The van der Waals surface area contributed by atoms with Crippen LogP contribution in [0.15, 0.2) is 22.0 Å². The predicted molar refractivity (Wildman–Crippen MR) is 73.8 cm³/mol. The fraction of sp³-hybridized carbons (Fsp3) is 0.167. The zero-order valence-corrected chi connectivity index (χ0v) is 13.1. The van der Waals surface area contributed by atoms with E-state index in [9.17, 15) is 13.2 Å². The van der Waals surface area contributed by atoms with Crippen molar-refractivity contribution in [2.75, 3.05) is 0 Å². The summed E-state index contributed by atoms with van der Waals surface area (Å²) in [5.74, 6) is -3.80. The summed E-state index contributed by atoms with van der Waals surface area (Å²) < 4.78 is 40.2. The van der Waals surface area contributed by atoms with Gasteiger partial charge in [0, 0.05) is 4.88 Å². The Hall–Kier alpha value is -0.330. The van der Waals surface area contributed by atoms with E-state index >= 15 is 0 Å². The summed E-state index contributed by atoms with van der Waals surface area (Å²) in [5, 5.41) is 0. The van der Waals surface area contributed by atoms with Crippen LogP contribution in [0.25, 0.3) is 0 Å². The lowest BCUT2D eigenvalue weighted by Gasteiger charge is -2.11. The molecule has 0 bridgehead atoms. The highest BCUT2D eigenvalue weighted by Gasteiger charge is 2.19. The number of rotatable bonds is 2. The zero-order valence-electron chi connectivity index (χ0n) is 9.11. The second-order valence-corrected chi connectivity index (χ2v) is 7.27. The van der Waals surface area contributed by atoms with Crippen molar-refractivity contribution < 1.29 is 13.2 Å². The van der Waals surface area contributed by atoms with Gasteiger partial charge < -0.3 is 0 Å². The monoisotopic (exact) mass is 398 g/mol. The van der Waals surface area contributed by atoms with Crippen LogP contribution >= 0.6 is 43.2 Å². The van der Waals surface area contributed by atoms with Crippen LogP contribution in [0.2, 0.25) is 0 Å². The maximum atomic E-state index is 13.2. The molecule has 18 heavy (non-hydrogen) atoms. The van der Waals surface area contributed by atoms with Crippen molar-refractivity contribution in [1.29, 1.82) is 0 Å². The average molecular weight is 400 g/mol. The Bertz CT molecular complexity index is 572. The van der Waals surface area contributed by atoms with E-state index in [1.165, 1.54) is 11.3 Å². The number of thiophene rings is 1. The Morgan fingerprint density at radius 2 is 1.67 bits per heavy atom. The number of hydrogen-bond donors (Lipinski definition) is 0. The molecule has 0 radical (unpaired) electrons. The molecule has 0 saturated heterocycles. The molecule has 1 aromatic carbocycles. The standard InChI is InChI=1S/C12H7Br2F3S/c1-5-7(4-10(13)18-5)11(14)6-2-8(15)12(17)9(16)3-6/h2-4,11H,1H3. The van der Waals surface area contributed by atoms with Crippen LogP contribution in [-0.4, -0.2) is 0 Å². The van der Waals surface area contributed by atoms with E-state index in [2.05, 4.69) is 31.9 Å². The van der Waals surface area contributed by atoms with Gasteiger partial charge >= 0.3 is 0 Å². The van der Waals surface area contributed by atoms with Crippen LogP contribution in [0, 0.1) is 24.4 Å². The largest absolute Gasteiger partial charge is 0.204 e. The lowest BCUT2D eigenvalue weighted by Crippen LogP contribution is -1.98. The molecule has 1 aromatic heterocycles. The topological polar surface area (TPSA) is 0 Å². The fourth-order valence-electron chi connectivity index (χ4n) is 1.61. The molecule has 0 aliphatic carbocycles. The van der Waals surface area contributed by atoms with Crippen LogP contribution in [0.5, 0.6) is 0 Å². The minimum Gasteiger partial charge on any atom is -0.204 e. The summed E-state index contributed by atoms with van der Waals surface area (Å²) in [6.07, 6.45) is 0. The molecule has 0 N–H and O–H groups in total. The molecule has 0 amide bonds. The molecule has 2 rings (SSSR count). The maximum Gasteiger partial charge on any atom is 0.194 e. The Kier molecular flexibility index (Phi) is 4.18. The molecule has 0 nitrogen and oxygen atoms in total. The Balaban J connectivity index is 2.46. The van der Waals surface area contributed by atoms with E-state index in [1.54, 1.807) is 0 Å². The van der Waals surface area contributed by atoms with Gasteiger partial charge in [-0.2, -0.15) is 0 Å². The molecule has 0 aliphatic heterocycles. The zero-order chi connectivity index (χ0) is 13.4. The molecule has 0 spiro atoms. The van der Waals surface area contributed by atoms with E-state index in [0.29, 0.717) is 5.56 Å². The van der Waals surface area contributed by atoms with Gasteiger partial charge in [-0.1, -0.05) is 15.9 Å². The molecule has 6 heteroatoms. The van der Waals surface area contributed by atoms with Gasteiger partial charge in [-0.25, -0.2) is 13.2 Å². The summed E-state index contributed by atoms with van der Waals surface area (Å²) in [6, 6.07) is 3.88. The van der Waals surface area contributed by atoms with Crippen LogP contribution in [0.1, 0.15) is 20.8 Å². The Morgan fingerprint density at radius 3 is 2.11 bits per heavy atom. The van der Waals surface area contributed by atoms with Gasteiger partial charge in [-0.15, -0.1) is 11.3 Å². The molecular weight excluding hydrogens is 393 g/mol. The first-order valence-electron chi connectivity index (χ1n) is 4.94. The molecule has 0 fully saturated rings. The summed E-state index contributed by atoms with van der Waals surface area (Å²) >= 11 is 8.26. The quantitative estimate of drug-likeness (QED) is 0.447. The van der Waals surface area contributed by atoms with Crippen molar-refractivity contribution in [3.05, 3.63) is 55.4 Å². The molecule has 1 atom stereocenters. The van der Waals surface area contributed by atoms with E-state index in [0.717, 1.165) is 26.4 Å². The number of halogens is 5. The average Bonchev–Trinajstić information content (AvgIpc) is 2.63. The number of benzene rings is 1. The molecule has 0 aliphatic rings. The molecule has 0 saturated carbocycles. The summed E-state index contributed by atoms with van der Waals surface area (Å²) in [5.41, 5.74) is 1.25. The van der Waals surface area contributed by atoms with Crippen molar-refractivity contribution in [3.63, 3.8) is 0 Å². The molecule has 1 unspecified atom stereocenters. The second kappa shape index (κ2) is 5.35. The highest BCUT2D eigenvalue weighted by molar-refractivity contribution is 9.11. The molecule has 1 heterocycles. The SMILES string of the molecule is Cc1sc(Br)cc1C(Br)c1cc(F)c(F)c(F)c1. The third kappa shape index (κ3) is 2.65. The van der Waals surface area contributed by atoms with Gasteiger partial charge in [-0.3, -0.25) is 0 Å². The van der Waals surface area contributed by atoms with Crippen molar-refractivity contribution in [1.82, 2.24) is 0 Å². The Labute approximate surface area is 123 Å². The van der Waals surface area contributed by atoms with Gasteiger partial charge in [0.15, 0.2) is 17.5 Å². The highest BCUT2D eigenvalue weighted by atomic mass is 79.9. The van der Waals surface area contributed by atoms with Crippen LogP contribution < -0.4 is 0 Å². The third-order valence-corrected chi connectivity index (χ3v) is 5.09. The van der Waals surface area contributed by atoms with Crippen LogP contribution in [0.4, 0.5) is 13.2 Å². The van der Waals surface area contributed by atoms with E-state index in [1.807, 2.05) is 13.0 Å². The van der Waals surface area contributed by atoms with E-state index in [-0.39, 0.29) is 4.83 Å². The van der Waals surface area contributed by atoms with Crippen molar-refractivity contribution in [2.24, 2.45) is 0 Å². The summed E-state index contributed by atoms with van der Waals surface area (Å²) in [6.45, 7) is 1.91. The van der Waals surface area contributed by atoms with Gasteiger partial charge in [0.2, 0.25) is 0 Å². The minimum absolute atomic E-state index is 0.347. The lowest BCUT2D eigenvalue weighted by atomic mass is 10.1. The first-order chi connectivity index (χ1) is 8.40. The van der Waals surface area contributed by atoms with Gasteiger partial charge in [0.05, 0.1) is 8.61 Å². The van der Waals surface area contributed by atoms with Crippen LogP contribution in [-0.2, 0) is 0 Å². The van der Waals surface area contributed by atoms with Gasteiger partial charge in [0.1, 0.15) is 0 Å². The first kappa shape index (κ1) is 14.1. The van der Waals surface area contributed by atoms with Crippen molar-refractivity contribution in [3.8, 4) is 0 Å². The maximum absolute atomic E-state index is 13.2. The number of hydrogen-bond acceptors (Lipinski definition) is 1. The van der Waals surface area contributed by atoms with E-state index in [4.69, 9.17) is 0 Å². The summed E-state index contributed by atoms with van der Waals surface area (Å²) in [7, 11) is 0. The van der Waals surface area contributed by atoms with Gasteiger partial charge in [0.25, 0.3) is 0 Å².